The van der Waals surface area contributed by atoms with E-state index in [1.807, 2.05) is 21.1 Å². The molecule has 0 aliphatic heterocycles. The molecule has 0 aliphatic rings. The summed E-state index contributed by atoms with van der Waals surface area (Å²) in [5, 5.41) is 0. The summed E-state index contributed by atoms with van der Waals surface area (Å²) in [6, 6.07) is 0. The van der Waals surface area contributed by atoms with Crippen molar-refractivity contribution in [3.8, 4) is 0 Å². The molecule has 2 unspecified atom stereocenters. The molecule has 0 aliphatic carbocycles. The van der Waals surface area contributed by atoms with E-state index in [0.29, 0.717) is 23.9 Å². The van der Waals surface area contributed by atoms with E-state index < -0.39 is 32.5 Å². The van der Waals surface area contributed by atoms with Gasteiger partial charge in [-0.1, -0.05) is 185 Å². The SMILES string of the molecule is CC/C=C\C/C=C\C/C=C\C/C=C\C/C=C\C/C=C\C/C=C\C/C=C\C/C=C\C/C=C\C/C=C\C/C=C\CCCCC(=O)OC(COC(=O)CCCCCCC)COP(=O)([O-])OCC[N+](C)(C)C. The number of ether oxygens (including phenoxy) is 2. The lowest BCUT2D eigenvalue weighted by molar-refractivity contribution is -0.870. The molecule has 0 aromatic carbocycles. The Bertz CT molecular complexity index is 1650. The van der Waals surface area contributed by atoms with Crippen LogP contribution >= 0.6 is 7.82 Å². The van der Waals surface area contributed by atoms with Gasteiger partial charge in [-0.15, -0.1) is 0 Å². The van der Waals surface area contributed by atoms with Crippen LogP contribution < -0.4 is 4.89 Å². The van der Waals surface area contributed by atoms with E-state index in [1.54, 1.807) is 0 Å². The highest BCUT2D eigenvalue weighted by Crippen LogP contribution is 2.38. The maximum absolute atomic E-state index is 12.6. The Balaban J connectivity index is 4.13. The van der Waals surface area contributed by atoms with Gasteiger partial charge in [0, 0.05) is 12.8 Å². The lowest BCUT2D eigenvalue weighted by Crippen LogP contribution is -2.37. The quantitative estimate of drug-likeness (QED) is 0.0195. The van der Waals surface area contributed by atoms with Crippen molar-refractivity contribution in [2.45, 2.75) is 161 Å². The summed E-state index contributed by atoms with van der Waals surface area (Å²) < 4.78 is 33.6. The topological polar surface area (TPSA) is 111 Å². The van der Waals surface area contributed by atoms with Crippen molar-refractivity contribution in [2.75, 3.05) is 47.5 Å². The predicted molar refractivity (Wildman–Crippen MR) is 286 cm³/mol. The van der Waals surface area contributed by atoms with Gasteiger partial charge in [0.05, 0.1) is 27.7 Å². The summed E-state index contributed by atoms with van der Waals surface area (Å²) in [7, 11) is 1.11. The number of hydrogen-bond donors (Lipinski definition) is 0. The number of likely N-dealkylation sites (N-methyl/N-ethyl adjacent to an activating group) is 1. The molecule has 0 saturated heterocycles. The van der Waals surface area contributed by atoms with E-state index in [1.165, 1.54) is 0 Å². The Morgan fingerprint density at radius 3 is 1.24 bits per heavy atom. The van der Waals surface area contributed by atoms with Crippen LogP contribution in [0.25, 0.3) is 0 Å². The van der Waals surface area contributed by atoms with E-state index >= 15 is 0 Å². The molecule has 0 radical (unpaired) electrons. The Morgan fingerprint density at radius 2 is 0.838 bits per heavy atom. The van der Waals surface area contributed by atoms with Crippen LogP contribution in [0, 0.1) is 0 Å². The van der Waals surface area contributed by atoms with E-state index in [-0.39, 0.29) is 26.1 Å². The van der Waals surface area contributed by atoms with E-state index in [4.69, 9.17) is 18.5 Å². The fraction of sp³-hybridized carbons (Fsp3) is 0.552. The molecule has 68 heavy (non-hydrogen) atoms. The number of carbonyl (C=O) groups is 2. The van der Waals surface area contributed by atoms with Crippen molar-refractivity contribution in [2.24, 2.45) is 0 Å². The first-order valence-electron chi connectivity index (χ1n) is 25.5. The fourth-order valence-corrected chi connectivity index (χ4v) is 6.66. The number of unbranched alkanes of at least 4 members (excludes halogenated alkanes) is 6. The minimum atomic E-state index is -4.64. The summed E-state index contributed by atoms with van der Waals surface area (Å²) in [5.41, 5.74) is 0. The van der Waals surface area contributed by atoms with Gasteiger partial charge in [0.1, 0.15) is 19.8 Å². The number of quaternary nitrogens is 1. The molecule has 0 aromatic rings. The number of phosphoric ester groups is 1. The van der Waals surface area contributed by atoms with Crippen molar-refractivity contribution in [1.82, 2.24) is 0 Å². The summed E-state index contributed by atoms with van der Waals surface area (Å²) in [6.07, 6.45) is 71.0. The van der Waals surface area contributed by atoms with Crippen molar-refractivity contribution >= 4 is 19.8 Å². The first-order chi connectivity index (χ1) is 33.0. The number of hydrogen-bond acceptors (Lipinski definition) is 8. The zero-order valence-electron chi connectivity index (χ0n) is 43.0. The largest absolute Gasteiger partial charge is 0.756 e. The summed E-state index contributed by atoms with van der Waals surface area (Å²) in [5.74, 6) is -0.915. The van der Waals surface area contributed by atoms with Gasteiger partial charge >= 0.3 is 11.9 Å². The normalized spacial score (nSPS) is 14.6. The third kappa shape index (κ3) is 51.3. The molecule has 10 heteroatoms. The van der Waals surface area contributed by atoms with Gasteiger partial charge in [0.25, 0.3) is 7.82 Å². The molecule has 0 N–H and O–H groups in total. The number of esters is 2. The van der Waals surface area contributed by atoms with Gasteiger partial charge in [-0.2, -0.15) is 0 Å². The van der Waals surface area contributed by atoms with Crippen molar-refractivity contribution < 1.29 is 42.1 Å². The van der Waals surface area contributed by atoms with Gasteiger partial charge in [0.15, 0.2) is 6.10 Å². The van der Waals surface area contributed by atoms with Gasteiger partial charge < -0.3 is 27.9 Å². The van der Waals surface area contributed by atoms with Gasteiger partial charge in [-0.3, -0.25) is 14.2 Å². The fourth-order valence-electron chi connectivity index (χ4n) is 5.93. The number of allylic oxidation sites excluding steroid dienone is 24. The van der Waals surface area contributed by atoms with Crippen LogP contribution in [0.3, 0.4) is 0 Å². The maximum atomic E-state index is 12.6. The molecule has 382 valence electrons. The van der Waals surface area contributed by atoms with E-state index in [2.05, 4.69) is 160 Å². The lowest BCUT2D eigenvalue weighted by Gasteiger charge is -2.28. The molecule has 0 heterocycles. The molecule has 0 spiro atoms. The smallest absolute Gasteiger partial charge is 0.306 e. The Kier molecular flexibility index (Phi) is 45.0. The third-order valence-corrected chi connectivity index (χ3v) is 10.8. The summed E-state index contributed by atoms with van der Waals surface area (Å²) >= 11 is 0. The van der Waals surface area contributed by atoms with Gasteiger partial charge in [-0.25, -0.2) is 0 Å². The van der Waals surface area contributed by atoms with Gasteiger partial charge in [0.2, 0.25) is 0 Å². The highest BCUT2D eigenvalue weighted by molar-refractivity contribution is 7.45. The molecule has 0 fully saturated rings. The second-order valence-electron chi connectivity index (χ2n) is 17.5. The minimum Gasteiger partial charge on any atom is -0.756 e. The lowest BCUT2D eigenvalue weighted by atomic mass is 10.1. The van der Waals surface area contributed by atoms with Crippen molar-refractivity contribution in [1.29, 1.82) is 0 Å². The van der Waals surface area contributed by atoms with Crippen LogP contribution in [0.4, 0.5) is 0 Å². The second kappa shape index (κ2) is 47.9. The van der Waals surface area contributed by atoms with Crippen LogP contribution in [0.5, 0.6) is 0 Å². The molecule has 0 amide bonds. The summed E-state index contributed by atoms with van der Waals surface area (Å²) in [6.45, 7) is 3.92. The molecule has 0 saturated carbocycles. The third-order valence-electron chi connectivity index (χ3n) is 9.87. The molecule has 0 bridgehead atoms. The van der Waals surface area contributed by atoms with E-state index in [0.717, 1.165) is 116 Å². The van der Waals surface area contributed by atoms with Gasteiger partial charge in [-0.05, 0) is 103 Å². The highest BCUT2D eigenvalue weighted by atomic mass is 31.2. The highest BCUT2D eigenvalue weighted by Gasteiger charge is 2.21. The number of nitrogens with zero attached hydrogens (tertiary/aromatic N) is 1. The molecular formula is C58H92NO8P. The summed E-state index contributed by atoms with van der Waals surface area (Å²) in [4.78, 5) is 37.2. The average molecular weight is 962 g/mol. The van der Waals surface area contributed by atoms with Crippen molar-refractivity contribution in [3.05, 3.63) is 146 Å². The van der Waals surface area contributed by atoms with Crippen LogP contribution in [0.2, 0.25) is 0 Å². The zero-order valence-corrected chi connectivity index (χ0v) is 43.9. The predicted octanol–water partition coefficient (Wildman–Crippen LogP) is 14.9. The first kappa shape index (κ1) is 63.9. The number of phosphoric acid groups is 1. The van der Waals surface area contributed by atoms with Crippen molar-refractivity contribution in [3.63, 3.8) is 0 Å². The molecule has 0 rings (SSSR count). The molecule has 2 atom stereocenters. The Hall–Kier alpha value is -4.11. The van der Waals surface area contributed by atoms with E-state index in [9.17, 15) is 19.0 Å². The number of carbonyl (C=O) groups excluding carboxylic acids is 2. The zero-order chi connectivity index (χ0) is 49.9. The molecular weight excluding hydrogens is 870 g/mol. The van der Waals surface area contributed by atoms with Crippen LogP contribution in [0.15, 0.2) is 146 Å². The standard InChI is InChI=1S/C58H92NO8P/c1-6-8-10-12-13-14-15-16-17-18-19-20-21-22-23-24-25-26-27-28-29-30-31-32-33-34-35-36-37-38-39-40-41-42-43-44-45-47-49-51-58(61)67-56(54-64-57(60)50-48-46-11-9-7-2)55-66-68(62,63)65-53-52-59(3,4)5/h8,10,13-14,16-17,19-20,22-23,25-26,28-29,31-32,34-35,37-38,40-41,43-44,56H,6-7,9,11-12,15,18,21,24,27,30,33,36,39,42,45-55H2,1-5H3/b10-8-,14-13-,17-16-,20-19-,23-22-,26-25-,29-28-,32-31-,35-34-,38-37-,41-40-,44-43-. The minimum absolute atomic E-state index is 0.0470. The number of rotatable bonds is 44. The van der Waals surface area contributed by atoms with Crippen LogP contribution in [-0.4, -0.2) is 70.0 Å². The Morgan fingerprint density at radius 1 is 0.471 bits per heavy atom. The monoisotopic (exact) mass is 962 g/mol. The molecule has 9 nitrogen and oxygen atoms in total. The average Bonchev–Trinajstić information content (AvgIpc) is 3.30. The first-order valence-corrected chi connectivity index (χ1v) is 27.0. The van der Waals surface area contributed by atoms with Crippen LogP contribution in [0.1, 0.15) is 155 Å². The second-order valence-corrected chi connectivity index (χ2v) is 18.9. The maximum Gasteiger partial charge on any atom is 0.306 e. The molecule has 0 aromatic heterocycles. The Labute approximate surface area is 414 Å². The van der Waals surface area contributed by atoms with Crippen LogP contribution in [-0.2, 0) is 32.7 Å².